The molecule has 4 rings (SSSR count). The Kier molecular flexibility index (Phi) is 4.71. The van der Waals surface area contributed by atoms with Crippen LogP contribution in [0.4, 0.5) is 5.69 Å². The van der Waals surface area contributed by atoms with E-state index in [0.717, 1.165) is 0 Å². The fraction of sp³-hybridized carbons (Fsp3) is 0.600. The molecule has 1 aromatic rings. The number of rotatable bonds is 5. The number of para-hydroxylation sites is 1. The van der Waals surface area contributed by atoms with Gasteiger partial charge in [0, 0.05) is 0 Å². The molecule has 4 atom stereocenters. The largest absolute Gasteiger partial charge is 0.400 e. The molecule has 0 spiro atoms. The number of hydrogen-bond acceptors (Lipinski definition) is 10. The summed E-state index contributed by atoms with van der Waals surface area (Å²) in [6.45, 7) is 2.35. The van der Waals surface area contributed by atoms with E-state index in [1.807, 2.05) is 0 Å². The SMILES string of the molecule is CC1(C)O[C@H]2[C@@H]3OS(=O)(=O)O[C@@H]3CO[C@@]2(COS(=O)(=O)Nc2ccccc2)O1. The van der Waals surface area contributed by atoms with Gasteiger partial charge in [0.2, 0.25) is 5.79 Å². The van der Waals surface area contributed by atoms with E-state index in [1.165, 1.54) is 0 Å². The topological polar surface area (TPSA) is 136 Å². The zero-order chi connectivity index (χ0) is 20.2. The molecule has 3 aliphatic rings. The van der Waals surface area contributed by atoms with Gasteiger partial charge in [0.15, 0.2) is 5.79 Å². The minimum atomic E-state index is -4.22. The normalized spacial score (nSPS) is 35.9. The molecule has 0 radical (unpaired) electrons. The molecule has 0 bridgehead atoms. The van der Waals surface area contributed by atoms with Crippen LogP contribution in [-0.4, -0.2) is 59.9 Å². The summed E-state index contributed by atoms with van der Waals surface area (Å²) in [7, 11) is -8.42. The first-order valence-corrected chi connectivity index (χ1v) is 11.1. The van der Waals surface area contributed by atoms with Crippen molar-refractivity contribution in [3.63, 3.8) is 0 Å². The number of hydrogen-bond donors (Lipinski definition) is 1. The van der Waals surface area contributed by atoms with Gasteiger partial charge in [-0.25, -0.2) is 12.5 Å². The highest BCUT2D eigenvalue weighted by molar-refractivity contribution is 7.88. The fourth-order valence-corrected chi connectivity index (χ4v) is 5.15. The first-order valence-electron chi connectivity index (χ1n) is 8.35. The second-order valence-corrected chi connectivity index (χ2v) is 9.50. The van der Waals surface area contributed by atoms with Crippen LogP contribution in [0.1, 0.15) is 13.8 Å². The molecule has 3 saturated heterocycles. The summed E-state index contributed by atoms with van der Waals surface area (Å²) >= 11 is 0. The van der Waals surface area contributed by atoms with Gasteiger partial charge in [0.25, 0.3) is 0 Å². The average Bonchev–Trinajstić information content (AvgIpc) is 3.05. The average molecular weight is 437 g/mol. The maximum Gasteiger partial charge on any atom is 0.400 e. The summed E-state index contributed by atoms with van der Waals surface area (Å²) in [5.74, 6) is -2.89. The van der Waals surface area contributed by atoms with E-state index < -0.39 is 57.2 Å². The maximum absolute atomic E-state index is 12.3. The summed E-state index contributed by atoms with van der Waals surface area (Å²) in [6.07, 6.45) is -3.08. The summed E-state index contributed by atoms with van der Waals surface area (Å²) in [5, 5.41) is 0. The van der Waals surface area contributed by atoms with E-state index in [0.29, 0.717) is 5.69 Å². The van der Waals surface area contributed by atoms with E-state index in [9.17, 15) is 16.8 Å². The van der Waals surface area contributed by atoms with E-state index in [-0.39, 0.29) is 6.61 Å². The van der Waals surface area contributed by atoms with Gasteiger partial charge in [-0.3, -0.25) is 4.72 Å². The van der Waals surface area contributed by atoms with E-state index in [2.05, 4.69) is 4.72 Å². The molecule has 28 heavy (non-hydrogen) atoms. The number of anilines is 1. The highest BCUT2D eigenvalue weighted by Crippen LogP contribution is 2.46. The highest BCUT2D eigenvalue weighted by Gasteiger charge is 2.66. The van der Waals surface area contributed by atoms with Crippen molar-refractivity contribution in [2.75, 3.05) is 17.9 Å². The van der Waals surface area contributed by atoms with Crippen molar-refractivity contribution in [3.05, 3.63) is 30.3 Å². The Labute approximate surface area is 162 Å². The van der Waals surface area contributed by atoms with Crippen LogP contribution in [0.2, 0.25) is 0 Å². The Balaban J connectivity index is 1.53. The lowest BCUT2D eigenvalue weighted by atomic mass is 9.98. The van der Waals surface area contributed by atoms with Crippen molar-refractivity contribution in [3.8, 4) is 0 Å². The molecule has 1 aromatic carbocycles. The maximum atomic E-state index is 12.3. The first-order chi connectivity index (χ1) is 13.0. The van der Waals surface area contributed by atoms with Gasteiger partial charge in [-0.2, -0.15) is 16.8 Å². The minimum absolute atomic E-state index is 0.213. The number of fused-ring (bicyclic) bond motifs is 3. The predicted octanol–water partition coefficient (Wildman–Crippen LogP) is 0.267. The van der Waals surface area contributed by atoms with Gasteiger partial charge < -0.3 is 14.2 Å². The van der Waals surface area contributed by atoms with Gasteiger partial charge in [-0.1, -0.05) is 18.2 Å². The summed E-state index contributed by atoms with van der Waals surface area (Å²) in [4.78, 5) is 0. The third-order valence-corrected chi connectivity index (χ3v) is 6.18. The van der Waals surface area contributed by atoms with Crippen LogP contribution in [0.15, 0.2) is 30.3 Å². The quantitative estimate of drug-likeness (QED) is 0.683. The van der Waals surface area contributed by atoms with Crippen LogP contribution in [-0.2, 0) is 47.5 Å². The van der Waals surface area contributed by atoms with Crippen molar-refractivity contribution in [2.45, 2.75) is 43.7 Å². The molecule has 1 N–H and O–H groups in total. The minimum Gasteiger partial charge on any atom is -0.343 e. The second kappa shape index (κ2) is 6.60. The van der Waals surface area contributed by atoms with Crippen LogP contribution in [0.5, 0.6) is 0 Å². The summed E-state index contributed by atoms with van der Waals surface area (Å²) < 4.78 is 82.1. The molecule has 0 unspecified atom stereocenters. The number of benzene rings is 1. The zero-order valence-electron chi connectivity index (χ0n) is 14.9. The van der Waals surface area contributed by atoms with Crippen LogP contribution in [0, 0.1) is 0 Å². The standard InChI is InChI=1S/C15H19NO10S2/c1-14(2)23-13-12-11(24-28(19,20)25-12)8-21-15(13,26-14)9-22-27(17,18)16-10-6-4-3-5-7-10/h3-7,11-13,16H,8-9H2,1-2H3/t11-,12-,13+,15+/m1/s1. The smallest absolute Gasteiger partial charge is 0.343 e. The number of ether oxygens (including phenoxy) is 3. The molecule has 3 heterocycles. The summed E-state index contributed by atoms with van der Waals surface area (Å²) in [5.41, 5.74) is 0.309. The molecule has 13 heteroatoms. The van der Waals surface area contributed by atoms with E-state index >= 15 is 0 Å². The lowest BCUT2D eigenvalue weighted by Crippen LogP contribution is -2.60. The fourth-order valence-electron chi connectivity index (χ4n) is 3.33. The molecule has 11 nitrogen and oxygen atoms in total. The van der Waals surface area contributed by atoms with Gasteiger partial charge in [0.05, 0.1) is 12.3 Å². The van der Waals surface area contributed by atoms with Crippen molar-refractivity contribution in [1.29, 1.82) is 0 Å². The van der Waals surface area contributed by atoms with E-state index in [1.54, 1.807) is 44.2 Å². The molecule has 0 saturated carbocycles. The molecular weight excluding hydrogens is 418 g/mol. The lowest BCUT2D eigenvalue weighted by molar-refractivity contribution is -0.290. The van der Waals surface area contributed by atoms with Crippen molar-refractivity contribution < 1.29 is 43.6 Å². The number of nitrogens with one attached hydrogen (secondary N) is 1. The third-order valence-electron chi connectivity index (χ3n) is 4.32. The summed E-state index contributed by atoms with van der Waals surface area (Å²) in [6, 6.07) is 8.15. The van der Waals surface area contributed by atoms with Crippen molar-refractivity contribution >= 4 is 26.4 Å². The highest BCUT2D eigenvalue weighted by atomic mass is 32.3. The van der Waals surface area contributed by atoms with Crippen LogP contribution >= 0.6 is 0 Å². The molecule has 0 aliphatic carbocycles. The Morgan fingerprint density at radius 3 is 2.64 bits per heavy atom. The Hall–Kier alpha value is -1.32. The monoisotopic (exact) mass is 437 g/mol. The Morgan fingerprint density at radius 1 is 1.21 bits per heavy atom. The molecule has 0 aromatic heterocycles. The molecular formula is C15H19NO10S2. The molecule has 3 fully saturated rings. The molecule has 0 amide bonds. The first kappa shape index (κ1) is 20.0. The van der Waals surface area contributed by atoms with Crippen LogP contribution in [0.25, 0.3) is 0 Å². The van der Waals surface area contributed by atoms with Gasteiger partial charge in [0.1, 0.15) is 24.9 Å². The van der Waals surface area contributed by atoms with E-state index in [4.69, 9.17) is 26.8 Å². The van der Waals surface area contributed by atoms with Crippen LogP contribution in [0.3, 0.4) is 0 Å². The van der Waals surface area contributed by atoms with Gasteiger partial charge >= 0.3 is 20.7 Å². The van der Waals surface area contributed by atoms with Crippen molar-refractivity contribution in [1.82, 2.24) is 0 Å². The zero-order valence-corrected chi connectivity index (χ0v) is 16.6. The lowest BCUT2D eigenvalue weighted by Gasteiger charge is -2.39. The third kappa shape index (κ3) is 3.89. The Morgan fingerprint density at radius 2 is 1.93 bits per heavy atom. The second-order valence-electron chi connectivity index (χ2n) is 6.95. The molecule has 156 valence electrons. The van der Waals surface area contributed by atoms with Gasteiger partial charge in [-0.05, 0) is 26.0 Å². The Bertz CT molecular complexity index is 948. The van der Waals surface area contributed by atoms with Crippen LogP contribution < -0.4 is 4.72 Å². The predicted molar refractivity (Wildman–Crippen MR) is 92.3 cm³/mol. The molecule has 3 aliphatic heterocycles. The van der Waals surface area contributed by atoms with Crippen molar-refractivity contribution in [2.24, 2.45) is 0 Å². The van der Waals surface area contributed by atoms with Gasteiger partial charge in [-0.15, -0.1) is 0 Å².